The topological polar surface area (TPSA) is 87.0 Å². The number of benzene rings is 2. The predicted octanol–water partition coefficient (Wildman–Crippen LogP) is 4.39. The van der Waals surface area contributed by atoms with E-state index in [0.717, 1.165) is 35.1 Å². The van der Waals surface area contributed by atoms with Gasteiger partial charge in [0.1, 0.15) is 12.2 Å². The van der Waals surface area contributed by atoms with Gasteiger partial charge in [-0.25, -0.2) is 0 Å². The molecule has 32 heavy (non-hydrogen) atoms. The zero-order valence-corrected chi connectivity index (χ0v) is 20.2. The molecule has 1 aliphatic rings. The largest absolute Gasteiger partial charge is 0.465 e. The summed E-state index contributed by atoms with van der Waals surface area (Å²) >= 11 is 0. The SMILES string of the molecule is CC.CC.CC(CO)(CO)COC(=O)Cc1ccccc1C1(O)CCCc2ccccc21. The first-order valence-electron chi connectivity index (χ1n) is 11.7. The minimum Gasteiger partial charge on any atom is -0.465 e. The highest BCUT2D eigenvalue weighted by molar-refractivity contribution is 5.73. The second kappa shape index (κ2) is 13.4. The number of fused-ring (bicyclic) bond motifs is 1. The number of esters is 1. The van der Waals surface area contributed by atoms with Crippen LogP contribution < -0.4 is 0 Å². The van der Waals surface area contributed by atoms with Crippen LogP contribution in [0.4, 0.5) is 0 Å². The van der Waals surface area contributed by atoms with E-state index in [1.165, 1.54) is 0 Å². The molecule has 0 spiro atoms. The van der Waals surface area contributed by atoms with Gasteiger partial charge in [0, 0.05) is 5.41 Å². The Morgan fingerprint density at radius 2 is 1.53 bits per heavy atom. The van der Waals surface area contributed by atoms with E-state index in [1.807, 2.05) is 76.2 Å². The average molecular weight is 445 g/mol. The minimum atomic E-state index is -1.13. The molecule has 2 aromatic carbocycles. The number of hydrogen-bond donors (Lipinski definition) is 3. The van der Waals surface area contributed by atoms with Gasteiger partial charge in [-0.3, -0.25) is 4.79 Å². The standard InChI is InChI=1S/C23H28O5.2C2H6/c1-22(14-24,15-25)16-28-21(26)13-18-8-3-5-11-20(18)23(27)12-6-9-17-7-2-4-10-19(17)23;2*1-2/h2-5,7-8,10-11,24-25,27H,6,9,12-16H2,1H3;2*1-2H3. The van der Waals surface area contributed by atoms with Gasteiger partial charge in [-0.05, 0) is 41.5 Å². The maximum absolute atomic E-state index is 12.4. The summed E-state index contributed by atoms with van der Waals surface area (Å²) in [6.45, 7) is 9.04. The van der Waals surface area contributed by atoms with Crippen molar-refractivity contribution in [1.82, 2.24) is 0 Å². The van der Waals surface area contributed by atoms with Crippen LogP contribution in [0.25, 0.3) is 0 Å². The second-order valence-electron chi connectivity index (χ2n) is 7.99. The lowest BCUT2D eigenvalue weighted by Crippen LogP contribution is -2.34. The van der Waals surface area contributed by atoms with E-state index in [0.29, 0.717) is 6.42 Å². The van der Waals surface area contributed by atoms with Gasteiger partial charge in [0.05, 0.1) is 19.6 Å². The molecule has 3 N–H and O–H groups in total. The second-order valence-corrected chi connectivity index (χ2v) is 7.99. The molecule has 0 bridgehead atoms. The van der Waals surface area contributed by atoms with E-state index in [2.05, 4.69) is 0 Å². The Morgan fingerprint density at radius 1 is 0.969 bits per heavy atom. The highest BCUT2D eigenvalue weighted by atomic mass is 16.5. The number of rotatable bonds is 7. The maximum Gasteiger partial charge on any atom is 0.310 e. The Bertz CT molecular complexity index is 828. The molecule has 3 rings (SSSR count). The van der Waals surface area contributed by atoms with Crippen LogP contribution in [0.5, 0.6) is 0 Å². The molecule has 178 valence electrons. The van der Waals surface area contributed by atoms with E-state index in [1.54, 1.807) is 6.92 Å². The van der Waals surface area contributed by atoms with Crippen molar-refractivity contribution in [3.05, 3.63) is 70.8 Å². The van der Waals surface area contributed by atoms with Gasteiger partial charge in [0.15, 0.2) is 0 Å². The molecule has 1 unspecified atom stereocenters. The van der Waals surface area contributed by atoms with Crippen LogP contribution in [0.2, 0.25) is 0 Å². The quantitative estimate of drug-likeness (QED) is 0.552. The lowest BCUT2D eigenvalue weighted by molar-refractivity contribution is -0.148. The van der Waals surface area contributed by atoms with E-state index in [4.69, 9.17) is 4.74 Å². The molecule has 1 aliphatic carbocycles. The van der Waals surface area contributed by atoms with Crippen molar-refractivity contribution in [1.29, 1.82) is 0 Å². The van der Waals surface area contributed by atoms with E-state index in [-0.39, 0.29) is 26.2 Å². The number of aliphatic hydroxyl groups excluding tert-OH is 2. The number of aliphatic hydroxyl groups is 3. The fraction of sp³-hybridized carbons (Fsp3) is 0.519. The average Bonchev–Trinajstić information content (AvgIpc) is 2.85. The number of carbonyl (C=O) groups excluding carboxylic acids is 1. The summed E-state index contributed by atoms with van der Waals surface area (Å²) in [5, 5.41) is 30.3. The third-order valence-electron chi connectivity index (χ3n) is 5.59. The van der Waals surface area contributed by atoms with Crippen molar-refractivity contribution in [2.24, 2.45) is 5.41 Å². The van der Waals surface area contributed by atoms with Crippen LogP contribution in [0.15, 0.2) is 48.5 Å². The van der Waals surface area contributed by atoms with Crippen molar-refractivity contribution in [3.8, 4) is 0 Å². The van der Waals surface area contributed by atoms with Gasteiger partial charge >= 0.3 is 5.97 Å². The molecule has 0 aromatic heterocycles. The van der Waals surface area contributed by atoms with Crippen LogP contribution in [0.1, 0.15) is 69.7 Å². The molecule has 5 nitrogen and oxygen atoms in total. The molecule has 2 aromatic rings. The van der Waals surface area contributed by atoms with E-state index >= 15 is 0 Å². The summed E-state index contributed by atoms with van der Waals surface area (Å²) in [5.74, 6) is -0.451. The molecule has 1 atom stereocenters. The number of aryl methyl sites for hydroxylation is 1. The van der Waals surface area contributed by atoms with Gasteiger partial charge in [-0.1, -0.05) is 83.1 Å². The monoisotopic (exact) mass is 444 g/mol. The molecular weight excluding hydrogens is 404 g/mol. The highest BCUT2D eigenvalue weighted by Gasteiger charge is 2.37. The normalized spacial score (nSPS) is 17.1. The van der Waals surface area contributed by atoms with Gasteiger partial charge in [0.25, 0.3) is 0 Å². The molecule has 0 amide bonds. The Kier molecular flexibility index (Phi) is 11.6. The van der Waals surface area contributed by atoms with Crippen molar-refractivity contribution >= 4 is 5.97 Å². The molecule has 5 heteroatoms. The van der Waals surface area contributed by atoms with E-state index in [9.17, 15) is 20.1 Å². The van der Waals surface area contributed by atoms with Gasteiger partial charge in [0.2, 0.25) is 0 Å². The zero-order valence-electron chi connectivity index (χ0n) is 20.2. The summed E-state index contributed by atoms with van der Waals surface area (Å²) < 4.78 is 5.30. The fourth-order valence-electron chi connectivity index (χ4n) is 3.77. The summed E-state index contributed by atoms with van der Waals surface area (Å²) in [4.78, 5) is 12.4. The summed E-state index contributed by atoms with van der Waals surface area (Å²) in [6.07, 6.45) is 2.43. The first-order chi connectivity index (χ1) is 15.4. The molecule has 0 saturated heterocycles. The van der Waals surface area contributed by atoms with Crippen molar-refractivity contribution in [2.75, 3.05) is 19.8 Å². The Labute approximate surface area is 193 Å². The number of ether oxygens (including phenoxy) is 1. The van der Waals surface area contributed by atoms with Crippen LogP contribution in [0.3, 0.4) is 0 Å². The van der Waals surface area contributed by atoms with Crippen molar-refractivity contribution < 1.29 is 24.9 Å². The minimum absolute atomic E-state index is 0.0214. The summed E-state index contributed by atoms with van der Waals surface area (Å²) in [7, 11) is 0. The third-order valence-corrected chi connectivity index (χ3v) is 5.59. The van der Waals surface area contributed by atoms with Crippen LogP contribution >= 0.6 is 0 Å². The zero-order chi connectivity index (χ0) is 24.2. The van der Waals surface area contributed by atoms with Gasteiger partial charge in [-0.2, -0.15) is 0 Å². The molecule has 0 saturated carbocycles. The fourth-order valence-corrected chi connectivity index (χ4v) is 3.77. The summed E-state index contributed by atoms with van der Waals surface area (Å²) in [6, 6.07) is 15.3. The lowest BCUT2D eigenvalue weighted by atomic mass is 9.73. The molecular formula is C27H40O5. The Hall–Kier alpha value is -2.21. The molecule has 0 fully saturated rings. The Balaban J connectivity index is 0.00000121. The smallest absolute Gasteiger partial charge is 0.310 e. The third kappa shape index (κ3) is 6.64. The first kappa shape index (κ1) is 27.8. The number of hydrogen-bond acceptors (Lipinski definition) is 5. The van der Waals surface area contributed by atoms with Gasteiger partial charge < -0.3 is 20.1 Å². The molecule has 0 heterocycles. The number of carbonyl (C=O) groups is 1. The van der Waals surface area contributed by atoms with Gasteiger partial charge in [-0.15, -0.1) is 0 Å². The van der Waals surface area contributed by atoms with Crippen LogP contribution in [0, 0.1) is 5.41 Å². The lowest BCUT2D eigenvalue weighted by Gasteiger charge is -2.36. The maximum atomic E-state index is 12.4. The first-order valence-corrected chi connectivity index (χ1v) is 11.7. The van der Waals surface area contributed by atoms with Crippen LogP contribution in [-0.4, -0.2) is 41.1 Å². The van der Waals surface area contributed by atoms with Crippen molar-refractivity contribution in [2.45, 2.75) is 65.9 Å². The van der Waals surface area contributed by atoms with Crippen LogP contribution in [-0.2, 0) is 28.0 Å². The molecule has 0 aliphatic heterocycles. The molecule has 0 radical (unpaired) electrons. The van der Waals surface area contributed by atoms with E-state index < -0.39 is 17.0 Å². The predicted molar refractivity (Wildman–Crippen MR) is 128 cm³/mol. The van der Waals surface area contributed by atoms with Crippen molar-refractivity contribution in [3.63, 3.8) is 0 Å². The highest BCUT2D eigenvalue weighted by Crippen LogP contribution is 2.41. The summed E-state index contributed by atoms with van der Waals surface area (Å²) in [5.41, 5.74) is 1.49. The Morgan fingerprint density at radius 3 is 2.16 bits per heavy atom.